The maximum Gasteiger partial charge on any atom is 0.294 e. The summed E-state index contributed by atoms with van der Waals surface area (Å²) in [6.45, 7) is 3.84. The number of rotatable bonds is 25. The Kier molecular flexibility index (Phi) is 20.5. The smallest absolute Gasteiger partial charge is 0.294 e. The van der Waals surface area contributed by atoms with E-state index in [9.17, 15) is 20.2 Å². The Labute approximate surface area is 196 Å². The third-order valence-corrected chi connectivity index (χ3v) is 6.57. The molecule has 0 aliphatic rings. The Morgan fingerprint density at radius 3 is 1.28 bits per heavy atom. The van der Waals surface area contributed by atoms with Crippen molar-refractivity contribution in [2.45, 2.75) is 154 Å². The summed E-state index contributed by atoms with van der Waals surface area (Å²) in [5.41, 5.74) is -1.00. The molecule has 7 nitrogen and oxygen atoms in total. The van der Waals surface area contributed by atoms with Gasteiger partial charge in [0.2, 0.25) is 5.54 Å². The minimum Gasteiger partial charge on any atom is -0.314 e. The van der Waals surface area contributed by atoms with Gasteiger partial charge in [-0.1, -0.05) is 116 Å². The van der Waals surface area contributed by atoms with Gasteiger partial charge in [-0.05, 0) is 12.8 Å². The lowest BCUT2D eigenvalue weighted by Crippen LogP contribution is -2.35. The van der Waals surface area contributed by atoms with E-state index in [-0.39, 0.29) is 11.5 Å². The summed E-state index contributed by atoms with van der Waals surface area (Å²) in [5.74, 6) is 0. The van der Waals surface area contributed by atoms with Gasteiger partial charge in [0.25, 0.3) is 5.09 Å². The Bertz CT molecular complexity index is 462. The van der Waals surface area contributed by atoms with E-state index < -0.39 is 10.6 Å². The third kappa shape index (κ3) is 19.3. The first-order valence-electron chi connectivity index (χ1n) is 13.3. The summed E-state index contributed by atoms with van der Waals surface area (Å²) in [5, 5.41) is 20.7. The van der Waals surface area contributed by atoms with Gasteiger partial charge in [-0.3, -0.25) is 10.1 Å². The summed E-state index contributed by atoms with van der Waals surface area (Å²) in [4.78, 5) is 25.6. The highest BCUT2D eigenvalue weighted by Crippen LogP contribution is 2.25. The normalized spacial score (nSPS) is 13.1. The quantitative estimate of drug-likeness (QED) is 0.0776. The molecule has 0 radical (unpaired) electrons. The van der Waals surface area contributed by atoms with Gasteiger partial charge < -0.3 is 4.84 Å². The van der Waals surface area contributed by atoms with Crippen LogP contribution in [0.4, 0.5) is 0 Å². The van der Waals surface area contributed by atoms with Crippen LogP contribution in [0.3, 0.4) is 0 Å². The minimum atomic E-state index is -1.00. The van der Waals surface area contributed by atoms with Crippen molar-refractivity contribution >= 4 is 0 Å². The van der Waals surface area contributed by atoms with Gasteiger partial charge >= 0.3 is 0 Å². The molecule has 0 aromatic carbocycles. The lowest BCUT2D eigenvalue weighted by molar-refractivity contribution is -0.758. The van der Waals surface area contributed by atoms with E-state index in [1.807, 2.05) is 0 Å². The Morgan fingerprint density at radius 1 is 0.594 bits per heavy atom. The molecule has 0 rings (SSSR count). The first-order valence-corrected chi connectivity index (χ1v) is 13.3. The predicted octanol–water partition coefficient (Wildman–Crippen LogP) is 8.44. The molecular weight excluding hydrogens is 408 g/mol. The maximum absolute atomic E-state index is 11.4. The van der Waals surface area contributed by atoms with Crippen molar-refractivity contribution in [1.29, 1.82) is 0 Å². The molecule has 190 valence electrons. The monoisotopic (exact) mass is 458 g/mol. The van der Waals surface area contributed by atoms with Crippen LogP contribution in [0.5, 0.6) is 0 Å². The van der Waals surface area contributed by atoms with E-state index in [4.69, 9.17) is 0 Å². The summed E-state index contributed by atoms with van der Waals surface area (Å²) < 4.78 is 0. The molecular formula is C25H50N2O5. The Balaban J connectivity index is 3.46. The van der Waals surface area contributed by atoms with E-state index in [1.165, 1.54) is 96.3 Å². The second kappa shape index (κ2) is 21.4. The first-order chi connectivity index (χ1) is 15.4. The second-order valence-electron chi connectivity index (χ2n) is 9.67. The average Bonchev–Trinajstić information content (AvgIpc) is 2.75. The van der Waals surface area contributed by atoms with Crippen molar-refractivity contribution in [1.82, 2.24) is 0 Å². The number of hydrogen-bond donors (Lipinski definition) is 0. The number of nitro groups is 1. The molecule has 0 saturated heterocycles. The number of nitrogens with zero attached hydrogens (tertiary/aromatic N) is 2. The fourth-order valence-corrected chi connectivity index (χ4v) is 4.31. The highest BCUT2D eigenvalue weighted by Gasteiger charge is 2.35. The lowest BCUT2D eigenvalue weighted by atomic mass is 9.90. The van der Waals surface area contributed by atoms with Gasteiger partial charge in [-0.25, -0.2) is 0 Å². The van der Waals surface area contributed by atoms with E-state index in [1.54, 1.807) is 6.92 Å². The molecule has 0 bridgehead atoms. The van der Waals surface area contributed by atoms with Crippen LogP contribution in [0.25, 0.3) is 0 Å². The lowest BCUT2D eigenvalue weighted by Gasteiger charge is -2.20. The highest BCUT2D eigenvalue weighted by atomic mass is 16.9. The van der Waals surface area contributed by atoms with Crippen molar-refractivity contribution in [2.24, 2.45) is 0 Å². The highest BCUT2D eigenvalue weighted by molar-refractivity contribution is 4.73. The molecule has 0 N–H and O–H groups in total. The zero-order chi connectivity index (χ0) is 23.9. The molecule has 0 amide bonds. The van der Waals surface area contributed by atoms with Crippen LogP contribution in [0.2, 0.25) is 0 Å². The molecule has 32 heavy (non-hydrogen) atoms. The van der Waals surface area contributed by atoms with Crippen LogP contribution in [0.15, 0.2) is 0 Å². The van der Waals surface area contributed by atoms with Crippen LogP contribution in [0, 0.1) is 20.2 Å². The SMILES string of the molecule is CCCCCCCCCCCCCCCCCCCCC(C)(CCCO[N+](=O)[O-])[N+](=O)[O-]. The standard InChI is InChI=1S/C25H50N2O5/c1-3-4-5-6-7-8-9-10-11-12-13-14-15-16-17-18-19-20-22-25(2,26(28)29)23-21-24-32-27(30)31/h3-24H2,1-2H3. The Morgan fingerprint density at radius 2 is 0.938 bits per heavy atom. The van der Waals surface area contributed by atoms with Crippen molar-refractivity contribution in [2.75, 3.05) is 6.61 Å². The zero-order valence-corrected chi connectivity index (χ0v) is 21.0. The van der Waals surface area contributed by atoms with Crippen molar-refractivity contribution in [3.63, 3.8) is 0 Å². The average molecular weight is 459 g/mol. The molecule has 0 aromatic heterocycles. The fraction of sp³-hybridized carbons (Fsp3) is 1.00. The van der Waals surface area contributed by atoms with Crippen molar-refractivity contribution < 1.29 is 14.8 Å². The molecule has 0 aliphatic carbocycles. The first kappa shape index (κ1) is 30.6. The van der Waals surface area contributed by atoms with Crippen LogP contribution in [-0.2, 0) is 4.84 Å². The van der Waals surface area contributed by atoms with Crippen LogP contribution in [-0.4, -0.2) is 22.2 Å². The molecule has 0 aliphatic heterocycles. The molecule has 0 aromatic rings. The van der Waals surface area contributed by atoms with Gasteiger partial charge in [0.1, 0.15) is 0 Å². The third-order valence-electron chi connectivity index (χ3n) is 6.57. The van der Waals surface area contributed by atoms with E-state index in [0.717, 1.165) is 19.3 Å². The van der Waals surface area contributed by atoms with E-state index >= 15 is 0 Å². The van der Waals surface area contributed by atoms with E-state index in [0.29, 0.717) is 19.3 Å². The largest absolute Gasteiger partial charge is 0.314 e. The van der Waals surface area contributed by atoms with E-state index in [2.05, 4.69) is 11.8 Å². The van der Waals surface area contributed by atoms with Crippen LogP contribution >= 0.6 is 0 Å². The summed E-state index contributed by atoms with van der Waals surface area (Å²) in [6.07, 6.45) is 24.6. The molecule has 7 heteroatoms. The predicted molar refractivity (Wildman–Crippen MR) is 131 cm³/mol. The summed E-state index contributed by atoms with van der Waals surface area (Å²) in [7, 11) is 0. The summed E-state index contributed by atoms with van der Waals surface area (Å²) in [6, 6.07) is 0. The Hall–Kier alpha value is -1.40. The van der Waals surface area contributed by atoms with Gasteiger partial charge in [0.15, 0.2) is 0 Å². The van der Waals surface area contributed by atoms with Gasteiger partial charge in [0.05, 0.1) is 6.61 Å². The molecule has 1 atom stereocenters. The van der Waals surface area contributed by atoms with Gasteiger partial charge in [-0.15, -0.1) is 10.1 Å². The van der Waals surface area contributed by atoms with Crippen LogP contribution in [0.1, 0.15) is 149 Å². The fourth-order valence-electron chi connectivity index (χ4n) is 4.31. The number of unbranched alkanes of at least 4 members (excludes halogenated alkanes) is 17. The minimum absolute atomic E-state index is 0.0739. The molecule has 0 heterocycles. The van der Waals surface area contributed by atoms with Crippen molar-refractivity contribution in [3.05, 3.63) is 20.2 Å². The zero-order valence-electron chi connectivity index (χ0n) is 21.0. The van der Waals surface area contributed by atoms with Crippen LogP contribution < -0.4 is 0 Å². The van der Waals surface area contributed by atoms with Gasteiger partial charge in [0, 0.05) is 24.7 Å². The molecule has 1 unspecified atom stereocenters. The topological polar surface area (TPSA) is 95.5 Å². The van der Waals surface area contributed by atoms with Gasteiger partial charge in [-0.2, -0.15) is 0 Å². The summed E-state index contributed by atoms with van der Waals surface area (Å²) >= 11 is 0. The second-order valence-corrected chi connectivity index (χ2v) is 9.67. The maximum atomic E-state index is 11.4. The molecule has 0 saturated carbocycles. The molecule has 0 fully saturated rings. The van der Waals surface area contributed by atoms with Crippen molar-refractivity contribution in [3.8, 4) is 0 Å². The molecule has 0 spiro atoms. The number of hydrogen-bond acceptors (Lipinski definition) is 5.